The van der Waals surface area contributed by atoms with Gasteiger partial charge in [0.1, 0.15) is 0 Å². The summed E-state index contributed by atoms with van der Waals surface area (Å²) in [7, 11) is 0. The molecule has 4 amide bonds. The van der Waals surface area contributed by atoms with E-state index in [2.05, 4.69) is 0 Å². The zero-order valence-electron chi connectivity index (χ0n) is 18.4. The van der Waals surface area contributed by atoms with Crippen LogP contribution >= 0.6 is 0 Å². The molecule has 4 aromatic rings. The van der Waals surface area contributed by atoms with Crippen molar-refractivity contribution < 1.29 is 45.5 Å². The second-order valence-electron chi connectivity index (χ2n) is 8.41. The number of hydrogen-bond donors (Lipinski definition) is 0. The first-order valence-corrected chi connectivity index (χ1v) is 10.7. The molecule has 2 aliphatic rings. The third-order valence-corrected chi connectivity index (χ3v) is 6.35. The van der Waals surface area contributed by atoms with Crippen LogP contribution in [0.2, 0.25) is 0 Å². The lowest BCUT2D eigenvalue weighted by Gasteiger charge is -2.32. The van der Waals surface area contributed by atoms with Gasteiger partial charge in [-0.3, -0.25) is 19.2 Å². The minimum absolute atomic E-state index is 0.105. The summed E-state index contributed by atoms with van der Waals surface area (Å²) >= 11 is 0. The Morgan fingerprint density at radius 2 is 0.658 bits per heavy atom. The quantitative estimate of drug-likeness (QED) is 0.203. The highest BCUT2D eigenvalue weighted by atomic mass is 19.2. The molecule has 0 bridgehead atoms. The van der Waals surface area contributed by atoms with Crippen LogP contribution in [-0.2, 0) is 0 Å². The Morgan fingerprint density at radius 3 is 0.895 bits per heavy atom. The molecule has 0 aliphatic carbocycles. The van der Waals surface area contributed by atoms with Crippen molar-refractivity contribution >= 4 is 45.8 Å². The van der Waals surface area contributed by atoms with Gasteiger partial charge in [0.15, 0.2) is 34.9 Å². The van der Waals surface area contributed by atoms with Gasteiger partial charge in [-0.25, -0.2) is 36.1 Å². The maximum Gasteiger partial charge on any atom is 0.265 e. The number of imide groups is 2. The predicted molar refractivity (Wildman–Crippen MR) is 119 cm³/mol. The monoisotopic (exact) mass is 526 g/mol. The topological polar surface area (TPSA) is 74.8 Å². The summed E-state index contributed by atoms with van der Waals surface area (Å²) in [4.78, 5) is 53.9. The Balaban J connectivity index is 1.54. The first-order valence-electron chi connectivity index (χ1n) is 10.7. The summed E-state index contributed by atoms with van der Waals surface area (Å²) in [6, 6.07) is 6.37. The minimum atomic E-state index is -1.80. The smallest absolute Gasteiger partial charge is 0.265 e. The number of carbonyl (C=O) groups is 4. The second-order valence-corrected chi connectivity index (χ2v) is 8.41. The molecule has 188 valence electrons. The average molecular weight is 526 g/mol. The first kappa shape index (κ1) is 23.4. The first-order chi connectivity index (χ1) is 18.0. The van der Waals surface area contributed by atoms with Crippen molar-refractivity contribution in [1.29, 1.82) is 0 Å². The number of anilines is 2. The number of halogens is 6. The molecule has 38 heavy (non-hydrogen) atoms. The van der Waals surface area contributed by atoms with Crippen LogP contribution in [0.5, 0.6) is 0 Å². The Hall–Kier alpha value is -5.00. The predicted octanol–water partition coefficient (Wildman–Crippen LogP) is 5.28. The van der Waals surface area contributed by atoms with Crippen molar-refractivity contribution in [3.05, 3.63) is 106 Å². The van der Waals surface area contributed by atoms with Gasteiger partial charge < -0.3 is 0 Å². The highest BCUT2D eigenvalue weighted by molar-refractivity contribution is 6.42. The second kappa shape index (κ2) is 7.75. The zero-order valence-corrected chi connectivity index (χ0v) is 18.4. The van der Waals surface area contributed by atoms with E-state index in [4.69, 9.17) is 0 Å². The molecule has 2 heterocycles. The number of amides is 4. The van der Waals surface area contributed by atoms with Gasteiger partial charge in [-0.15, -0.1) is 0 Å². The molecule has 0 fully saturated rings. The summed E-state index contributed by atoms with van der Waals surface area (Å²) in [6.07, 6.45) is 0. The van der Waals surface area contributed by atoms with Crippen LogP contribution in [0.4, 0.5) is 37.7 Å². The number of hydrogen-bond acceptors (Lipinski definition) is 4. The molecule has 6 rings (SSSR count). The molecule has 6 nitrogen and oxygen atoms in total. The molecule has 0 aromatic heterocycles. The third kappa shape index (κ3) is 2.97. The lowest BCUT2D eigenvalue weighted by atomic mass is 9.85. The van der Waals surface area contributed by atoms with Crippen LogP contribution in [0.25, 0.3) is 10.8 Å². The molecule has 0 radical (unpaired) electrons. The Kier molecular flexibility index (Phi) is 4.77. The van der Waals surface area contributed by atoms with Gasteiger partial charge in [0.25, 0.3) is 23.6 Å². The third-order valence-electron chi connectivity index (χ3n) is 6.35. The van der Waals surface area contributed by atoms with Crippen LogP contribution < -0.4 is 9.80 Å². The van der Waals surface area contributed by atoms with Gasteiger partial charge in [0.05, 0.1) is 11.4 Å². The zero-order chi connectivity index (χ0) is 27.2. The van der Waals surface area contributed by atoms with Gasteiger partial charge in [0.2, 0.25) is 0 Å². The van der Waals surface area contributed by atoms with Crippen molar-refractivity contribution in [3.8, 4) is 0 Å². The highest BCUT2D eigenvalue weighted by Crippen LogP contribution is 2.40. The van der Waals surface area contributed by atoms with Gasteiger partial charge in [0, 0.05) is 57.3 Å². The molecular weight excluding hydrogens is 518 g/mol. The molecule has 0 saturated heterocycles. The molecule has 12 heteroatoms. The van der Waals surface area contributed by atoms with Gasteiger partial charge >= 0.3 is 0 Å². The Morgan fingerprint density at radius 1 is 0.421 bits per heavy atom. The summed E-state index contributed by atoms with van der Waals surface area (Å²) in [5.41, 5.74) is -2.02. The fourth-order valence-electron chi connectivity index (χ4n) is 4.69. The number of benzene rings is 4. The minimum Gasteiger partial charge on any atom is -0.268 e. The molecule has 4 aromatic carbocycles. The normalized spacial score (nSPS) is 14.7. The molecule has 0 atom stereocenters. The number of nitrogens with zero attached hydrogens (tertiary/aromatic N) is 2. The molecule has 0 saturated carbocycles. The van der Waals surface area contributed by atoms with Crippen LogP contribution in [0.3, 0.4) is 0 Å². The molecule has 0 N–H and O–H groups in total. The van der Waals surface area contributed by atoms with Crippen LogP contribution in [-0.4, -0.2) is 23.6 Å². The Bertz CT molecular complexity index is 1590. The standard InChI is InChI=1S/C26H8F6N2O4/c27-15-5-9(6-16(28)21(15)31)33-23(35)11-1-2-12-20-14(4-3-13(19(11)20)25(33)37)26(38)34(24(12)36)10-7-17(29)22(32)18(30)8-10/h1-8H. The SMILES string of the molecule is O=C1c2ccc3c4c(ccc(c24)C(=O)N1c1cc(F)c(F)c(F)c1)C(=O)N(c1cc(F)c(F)c(F)c1)C3=O. The summed E-state index contributed by atoms with van der Waals surface area (Å²) in [6.45, 7) is 0. The number of carbonyl (C=O) groups excluding carboxylic acids is 4. The van der Waals surface area contributed by atoms with Crippen LogP contribution in [0, 0.1) is 34.9 Å². The van der Waals surface area contributed by atoms with Crippen molar-refractivity contribution in [3.63, 3.8) is 0 Å². The van der Waals surface area contributed by atoms with E-state index in [1.54, 1.807) is 0 Å². The van der Waals surface area contributed by atoms with E-state index in [-0.39, 0.29) is 33.0 Å². The summed E-state index contributed by atoms with van der Waals surface area (Å²) in [5, 5.41) is -0.209. The van der Waals surface area contributed by atoms with Crippen molar-refractivity contribution in [2.24, 2.45) is 0 Å². The molecular formula is C26H8F6N2O4. The molecule has 2 aliphatic heterocycles. The molecule has 0 unspecified atom stereocenters. The molecule has 0 spiro atoms. The van der Waals surface area contributed by atoms with Crippen molar-refractivity contribution in [2.45, 2.75) is 0 Å². The maximum atomic E-state index is 13.9. The van der Waals surface area contributed by atoms with Crippen molar-refractivity contribution in [1.82, 2.24) is 0 Å². The van der Waals surface area contributed by atoms with Gasteiger partial charge in [-0.05, 0) is 24.3 Å². The van der Waals surface area contributed by atoms with E-state index in [9.17, 15) is 45.5 Å². The lowest BCUT2D eigenvalue weighted by molar-refractivity contribution is 0.0872. The number of rotatable bonds is 2. The van der Waals surface area contributed by atoms with E-state index in [0.29, 0.717) is 34.1 Å². The largest absolute Gasteiger partial charge is 0.268 e. The summed E-state index contributed by atoms with van der Waals surface area (Å²) in [5.74, 6) is -14.4. The van der Waals surface area contributed by atoms with E-state index >= 15 is 0 Å². The van der Waals surface area contributed by atoms with Gasteiger partial charge in [-0.2, -0.15) is 0 Å². The van der Waals surface area contributed by atoms with Crippen molar-refractivity contribution in [2.75, 3.05) is 9.80 Å². The van der Waals surface area contributed by atoms with E-state index in [0.717, 1.165) is 24.3 Å². The fraction of sp³-hybridized carbons (Fsp3) is 0. The van der Waals surface area contributed by atoms with Gasteiger partial charge in [-0.1, -0.05) is 0 Å². The average Bonchev–Trinajstić information content (AvgIpc) is 2.87. The highest BCUT2D eigenvalue weighted by Gasteiger charge is 2.41. The van der Waals surface area contributed by atoms with Crippen LogP contribution in [0.15, 0.2) is 48.5 Å². The maximum absolute atomic E-state index is 13.9. The lowest BCUT2D eigenvalue weighted by Crippen LogP contribution is -2.43. The Labute approximate surface area is 207 Å². The van der Waals surface area contributed by atoms with E-state index in [1.165, 1.54) is 0 Å². The van der Waals surface area contributed by atoms with E-state index in [1.807, 2.05) is 0 Å². The van der Waals surface area contributed by atoms with E-state index < -0.39 is 69.9 Å². The van der Waals surface area contributed by atoms with Crippen LogP contribution in [0.1, 0.15) is 41.4 Å². The fourth-order valence-corrected chi connectivity index (χ4v) is 4.69. The summed E-state index contributed by atoms with van der Waals surface area (Å²) < 4.78 is 82.3.